The van der Waals surface area contributed by atoms with Crippen molar-refractivity contribution in [1.82, 2.24) is 20.3 Å². The molecule has 6 nitrogen and oxygen atoms in total. The molecule has 0 fully saturated rings. The Balaban J connectivity index is 1.83. The standard InChI is InChI=1S/C18H13Cl3F3N5OS2/c1-17(16(25)31,7-29-27-13-11(20)6-10(19)12(21)14(13)28-29)26-15(30)8-2-4-9(5-3-8)32-18(22,23)24/h2-6H,7H2,1H3,(H2,25,31)(H,26,30). The van der Waals surface area contributed by atoms with Crippen molar-refractivity contribution in [2.24, 2.45) is 5.73 Å². The Morgan fingerprint density at radius 2 is 1.75 bits per heavy atom. The number of nitrogens with zero attached hydrogens (tertiary/aromatic N) is 3. The fourth-order valence-corrected chi connectivity index (χ4v) is 4.00. The Kier molecular flexibility index (Phi) is 7.16. The molecule has 0 aliphatic heterocycles. The van der Waals surface area contributed by atoms with Gasteiger partial charge in [-0.3, -0.25) is 4.79 Å². The van der Waals surface area contributed by atoms with Crippen molar-refractivity contribution in [3.8, 4) is 0 Å². The Morgan fingerprint density at radius 1 is 1.16 bits per heavy atom. The summed E-state index contributed by atoms with van der Waals surface area (Å²) in [4.78, 5) is 13.8. The first-order valence-electron chi connectivity index (χ1n) is 8.65. The zero-order valence-corrected chi connectivity index (χ0v) is 19.9. The van der Waals surface area contributed by atoms with Crippen LogP contribution in [0.1, 0.15) is 17.3 Å². The summed E-state index contributed by atoms with van der Waals surface area (Å²) in [5, 5.41) is 11.8. The first kappa shape index (κ1) is 24.8. The molecule has 0 aliphatic carbocycles. The Hall–Kier alpha value is -1.79. The molecule has 170 valence electrons. The van der Waals surface area contributed by atoms with Gasteiger partial charge in [-0.05, 0) is 49.0 Å². The summed E-state index contributed by atoms with van der Waals surface area (Å²) >= 11 is 23.2. The Labute approximate surface area is 204 Å². The number of hydrogen-bond acceptors (Lipinski definition) is 5. The molecular weight excluding hydrogens is 530 g/mol. The van der Waals surface area contributed by atoms with Gasteiger partial charge in [-0.2, -0.15) is 28.2 Å². The number of rotatable bonds is 6. The normalized spacial score (nSPS) is 13.7. The summed E-state index contributed by atoms with van der Waals surface area (Å²) in [6.45, 7) is 1.49. The topological polar surface area (TPSA) is 85.8 Å². The maximum absolute atomic E-state index is 12.7. The second-order valence-electron chi connectivity index (χ2n) is 6.80. The molecule has 0 radical (unpaired) electrons. The van der Waals surface area contributed by atoms with Gasteiger partial charge in [0.2, 0.25) is 0 Å². The van der Waals surface area contributed by atoms with Gasteiger partial charge in [-0.15, -0.1) is 0 Å². The highest BCUT2D eigenvalue weighted by atomic mass is 35.5. The number of thioether (sulfide) groups is 1. The number of hydrogen-bond donors (Lipinski definition) is 2. The van der Waals surface area contributed by atoms with E-state index in [4.69, 9.17) is 52.8 Å². The van der Waals surface area contributed by atoms with E-state index in [0.717, 1.165) is 0 Å². The number of benzene rings is 2. The lowest BCUT2D eigenvalue weighted by atomic mass is 10.0. The third-order valence-electron chi connectivity index (χ3n) is 4.29. The van der Waals surface area contributed by atoms with Crippen molar-refractivity contribution in [1.29, 1.82) is 0 Å². The monoisotopic (exact) mass is 541 g/mol. The van der Waals surface area contributed by atoms with E-state index in [1.54, 1.807) is 6.92 Å². The summed E-state index contributed by atoms with van der Waals surface area (Å²) in [5.74, 6) is -0.598. The minimum atomic E-state index is -4.43. The predicted octanol–water partition coefficient (Wildman–Crippen LogP) is 5.48. The van der Waals surface area contributed by atoms with E-state index < -0.39 is 17.0 Å². The summed E-state index contributed by atoms with van der Waals surface area (Å²) < 4.78 is 37.5. The number of fused-ring (bicyclic) bond motifs is 1. The predicted molar refractivity (Wildman–Crippen MR) is 124 cm³/mol. The van der Waals surface area contributed by atoms with Crippen LogP contribution < -0.4 is 11.1 Å². The molecule has 1 unspecified atom stereocenters. The van der Waals surface area contributed by atoms with Gasteiger partial charge in [-0.25, -0.2) is 0 Å². The van der Waals surface area contributed by atoms with Crippen LogP contribution in [0.25, 0.3) is 11.0 Å². The van der Waals surface area contributed by atoms with Gasteiger partial charge >= 0.3 is 5.51 Å². The number of nitrogens with two attached hydrogens (primary N) is 1. The van der Waals surface area contributed by atoms with Crippen molar-refractivity contribution >= 4 is 80.7 Å². The van der Waals surface area contributed by atoms with Gasteiger partial charge in [-0.1, -0.05) is 47.0 Å². The van der Waals surface area contributed by atoms with Crippen LogP contribution in [0.2, 0.25) is 15.1 Å². The minimum absolute atomic E-state index is 0.0500. The Morgan fingerprint density at radius 3 is 2.31 bits per heavy atom. The van der Waals surface area contributed by atoms with Gasteiger partial charge < -0.3 is 11.1 Å². The van der Waals surface area contributed by atoms with E-state index in [-0.39, 0.29) is 54.3 Å². The summed E-state index contributed by atoms with van der Waals surface area (Å²) in [6, 6.07) is 6.36. The van der Waals surface area contributed by atoms with Crippen molar-refractivity contribution in [3.63, 3.8) is 0 Å². The highest BCUT2D eigenvalue weighted by Gasteiger charge is 2.33. The SMILES string of the molecule is CC(Cn1nc2c(Cl)cc(Cl)c(Cl)c2n1)(NC(=O)c1ccc(SC(F)(F)F)cc1)C(N)=S. The lowest BCUT2D eigenvalue weighted by Crippen LogP contribution is -2.57. The third-order valence-corrected chi connectivity index (χ3v) is 6.55. The average molecular weight is 543 g/mol. The smallest absolute Gasteiger partial charge is 0.391 e. The maximum atomic E-state index is 12.7. The number of nitrogens with one attached hydrogen (secondary N) is 1. The third kappa shape index (κ3) is 5.57. The second kappa shape index (κ2) is 9.22. The highest BCUT2D eigenvalue weighted by Crippen LogP contribution is 2.37. The van der Waals surface area contributed by atoms with E-state index in [2.05, 4.69) is 15.5 Å². The summed E-state index contributed by atoms with van der Waals surface area (Å²) in [7, 11) is 0. The van der Waals surface area contributed by atoms with Crippen LogP contribution in [0.5, 0.6) is 0 Å². The first-order valence-corrected chi connectivity index (χ1v) is 11.0. The molecule has 1 aromatic heterocycles. The van der Waals surface area contributed by atoms with E-state index in [9.17, 15) is 18.0 Å². The number of alkyl halides is 3. The molecule has 3 aromatic rings. The molecule has 3 rings (SSSR count). The molecule has 1 amide bonds. The van der Waals surface area contributed by atoms with Crippen molar-refractivity contribution < 1.29 is 18.0 Å². The second-order valence-corrected chi connectivity index (χ2v) is 9.58. The molecular formula is C18H13Cl3F3N5OS2. The average Bonchev–Trinajstić information content (AvgIpc) is 3.09. The van der Waals surface area contributed by atoms with Gasteiger partial charge in [0.1, 0.15) is 21.6 Å². The molecule has 1 atom stereocenters. The van der Waals surface area contributed by atoms with Gasteiger partial charge in [0.05, 0.1) is 21.6 Å². The number of aromatic nitrogens is 3. The number of thiocarbonyl (C=S) groups is 1. The molecule has 0 bridgehead atoms. The quantitative estimate of drug-likeness (QED) is 0.244. The first-order chi connectivity index (χ1) is 14.8. The molecule has 32 heavy (non-hydrogen) atoms. The number of carbonyl (C=O) groups excluding carboxylic acids is 1. The number of carbonyl (C=O) groups is 1. The molecule has 0 spiro atoms. The fraction of sp³-hybridized carbons (Fsp3) is 0.222. The summed E-state index contributed by atoms with van der Waals surface area (Å²) in [5.41, 5.74) is 0.833. The van der Waals surface area contributed by atoms with Crippen molar-refractivity contribution in [2.75, 3.05) is 0 Å². The maximum Gasteiger partial charge on any atom is 0.446 e. The molecule has 14 heteroatoms. The van der Waals surface area contributed by atoms with E-state index in [1.165, 1.54) is 35.1 Å². The molecule has 0 saturated carbocycles. The minimum Gasteiger partial charge on any atom is -0.391 e. The van der Waals surface area contributed by atoms with Gasteiger partial charge in [0.25, 0.3) is 5.91 Å². The zero-order valence-electron chi connectivity index (χ0n) is 16.0. The van der Waals surface area contributed by atoms with Crippen LogP contribution in [-0.2, 0) is 6.54 Å². The van der Waals surface area contributed by atoms with Gasteiger partial charge in [0.15, 0.2) is 0 Å². The van der Waals surface area contributed by atoms with Crippen LogP contribution in [0.15, 0.2) is 35.2 Å². The molecule has 2 aromatic carbocycles. The van der Waals surface area contributed by atoms with Crippen LogP contribution >= 0.6 is 58.8 Å². The lowest BCUT2D eigenvalue weighted by molar-refractivity contribution is -0.0328. The van der Waals surface area contributed by atoms with Crippen LogP contribution in [-0.4, -0.2) is 36.9 Å². The zero-order chi connectivity index (χ0) is 23.8. The van der Waals surface area contributed by atoms with Gasteiger partial charge in [0, 0.05) is 10.5 Å². The van der Waals surface area contributed by atoms with Crippen molar-refractivity contribution in [3.05, 3.63) is 51.0 Å². The van der Waals surface area contributed by atoms with Crippen molar-refractivity contribution in [2.45, 2.75) is 29.4 Å². The number of amides is 1. The largest absolute Gasteiger partial charge is 0.446 e. The van der Waals surface area contributed by atoms with E-state index >= 15 is 0 Å². The highest BCUT2D eigenvalue weighted by molar-refractivity contribution is 8.00. The van der Waals surface area contributed by atoms with E-state index in [0.29, 0.717) is 5.52 Å². The Bertz CT molecular complexity index is 1200. The van der Waals surface area contributed by atoms with Crippen LogP contribution in [0, 0.1) is 0 Å². The van der Waals surface area contributed by atoms with Crippen LogP contribution in [0.4, 0.5) is 13.2 Å². The molecule has 0 aliphatic rings. The molecule has 0 saturated heterocycles. The van der Waals surface area contributed by atoms with E-state index in [1.807, 2.05) is 0 Å². The fourth-order valence-electron chi connectivity index (χ4n) is 2.68. The number of halogens is 6. The summed E-state index contributed by atoms with van der Waals surface area (Å²) in [6.07, 6.45) is 0. The molecule has 1 heterocycles. The molecule has 3 N–H and O–H groups in total. The lowest BCUT2D eigenvalue weighted by Gasteiger charge is -2.29. The van der Waals surface area contributed by atoms with Crippen LogP contribution in [0.3, 0.4) is 0 Å².